The maximum atomic E-state index is 13.2. The Labute approximate surface area is 116 Å². The van der Waals surface area contributed by atoms with E-state index >= 15 is 0 Å². The molecule has 0 bridgehead atoms. The third-order valence-electron chi connectivity index (χ3n) is 4.00. The summed E-state index contributed by atoms with van der Waals surface area (Å²) in [5.74, 6) is -1.67. The summed E-state index contributed by atoms with van der Waals surface area (Å²) in [6, 6.07) is 5.12. The smallest absolute Gasteiger partial charge is 0.307 e. The van der Waals surface area contributed by atoms with Gasteiger partial charge in [0.05, 0.1) is 5.92 Å². The van der Waals surface area contributed by atoms with Gasteiger partial charge in [-0.1, -0.05) is 25.0 Å². The van der Waals surface area contributed by atoms with E-state index in [4.69, 9.17) is 0 Å². The zero-order chi connectivity index (χ0) is 14.8. The Bertz CT molecular complexity index is 444. The number of rotatable bonds is 3. The van der Waals surface area contributed by atoms with E-state index in [1.807, 2.05) is 0 Å². The quantitative estimate of drug-likeness (QED) is 0.802. The van der Waals surface area contributed by atoms with Crippen molar-refractivity contribution >= 4 is 0 Å². The number of hydrogen-bond acceptors (Lipinski definition) is 1. The summed E-state index contributed by atoms with van der Waals surface area (Å²) in [5, 5.41) is 3.03. The highest BCUT2D eigenvalue weighted by Crippen LogP contribution is 2.38. The number of hydrogen-bond donors (Lipinski definition) is 1. The van der Waals surface area contributed by atoms with Crippen molar-refractivity contribution in [1.82, 2.24) is 5.32 Å². The second-order valence-electron chi connectivity index (χ2n) is 5.48. The summed E-state index contributed by atoms with van der Waals surface area (Å²) in [6.07, 6.45) is -2.04. The molecule has 0 heterocycles. The third kappa shape index (κ3) is 3.72. The fourth-order valence-corrected chi connectivity index (χ4v) is 2.92. The Kier molecular flexibility index (Phi) is 4.68. The molecule has 0 aliphatic heterocycles. The molecule has 3 atom stereocenters. The minimum Gasteiger partial charge on any atom is -0.307 e. The van der Waals surface area contributed by atoms with Gasteiger partial charge in [0.25, 0.3) is 0 Å². The van der Waals surface area contributed by atoms with Crippen LogP contribution in [0.4, 0.5) is 17.6 Å². The number of halogens is 4. The van der Waals surface area contributed by atoms with Crippen molar-refractivity contribution in [2.75, 3.05) is 0 Å². The van der Waals surface area contributed by atoms with E-state index in [1.54, 1.807) is 19.1 Å². The average Bonchev–Trinajstić information content (AvgIpc) is 2.38. The molecule has 1 aromatic rings. The predicted molar refractivity (Wildman–Crippen MR) is 69.8 cm³/mol. The van der Waals surface area contributed by atoms with Gasteiger partial charge in [0.2, 0.25) is 0 Å². The molecule has 0 spiro atoms. The summed E-state index contributed by atoms with van der Waals surface area (Å²) < 4.78 is 52.2. The molecule has 112 valence electrons. The summed E-state index contributed by atoms with van der Waals surface area (Å²) in [7, 11) is 0. The van der Waals surface area contributed by atoms with Crippen LogP contribution in [0.25, 0.3) is 0 Å². The van der Waals surface area contributed by atoms with Crippen molar-refractivity contribution in [2.24, 2.45) is 5.92 Å². The Hall–Kier alpha value is -1.10. The molecule has 0 saturated heterocycles. The van der Waals surface area contributed by atoms with E-state index < -0.39 is 18.1 Å². The van der Waals surface area contributed by atoms with Crippen molar-refractivity contribution in [2.45, 2.75) is 50.9 Å². The number of benzene rings is 1. The van der Waals surface area contributed by atoms with Crippen LogP contribution in [0.5, 0.6) is 0 Å². The number of alkyl halides is 3. The van der Waals surface area contributed by atoms with Crippen LogP contribution in [-0.2, 0) is 0 Å². The van der Waals surface area contributed by atoms with Crippen LogP contribution in [0.2, 0.25) is 0 Å². The van der Waals surface area contributed by atoms with Gasteiger partial charge < -0.3 is 5.32 Å². The SMILES string of the molecule is C[C@H](NC1CCCCC1C(F)(F)F)c1cccc(F)c1. The van der Waals surface area contributed by atoms with Crippen LogP contribution < -0.4 is 5.32 Å². The monoisotopic (exact) mass is 289 g/mol. The maximum absolute atomic E-state index is 13.2. The molecule has 1 aliphatic carbocycles. The molecule has 1 saturated carbocycles. The topological polar surface area (TPSA) is 12.0 Å². The first-order valence-electron chi connectivity index (χ1n) is 6.96. The molecule has 0 amide bonds. The molecule has 1 N–H and O–H groups in total. The van der Waals surface area contributed by atoms with Gasteiger partial charge in [-0.2, -0.15) is 13.2 Å². The normalized spacial score (nSPS) is 25.4. The fraction of sp³-hybridized carbons (Fsp3) is 0.600. The van der Waals surface area contributed by atoms with Gasteiger partial charge in [-0.3, -0.25) is 0 Å². The van der Waals surface area contributed by atoms with E-state index in [1.165, 1.54) is 12.1 Å². The lowest BCUT2D eigenvalue weighted by atomic mass is 9.83. The van der Waals surface area contributed by atoms with Crippen LogP contribution in [0, 0.1) is 11.7 Å². The molecular weight excluding hydrogens is 270 g/mol. The van der Waals surface area contributed by atoms with Gasteiger partial charge in [-0.15, -0.1) is 0 Å². The van der Waals surface area contributed by atoms with E-state index in [9.17, 15) is 17.6 Å². The molecule has 1 aliphatic rings. The van der Waals surface area contributed by atoms with Crippen molar-refractivity contribution in [3.05, 3.63) is 35.6 Å². The molecule has 2 rings (SSSR count). The third-order valence-corrected chi connectivity index (χ3v) is 4.00. The van der Waals surface area contributed by atoms with Gasteiger partial charge in [-0.25, -0.2) is 4.39 Å². The summed E-state index contributed by atoms with van der Waals surface area (Å²) in [6.45, 7) is 1.77. The van der Waals surface area contributed by atoms with Crippen LogP contribution in [0.1, 0.15) is 44.2 Å². The van der Waals surface area contributed by atoms with E-state index in [0.717, 1.165) is 6.42 Å². The van der Waals surface area contributed by atoms with Crippen LogP contribution in [0.15, 0.2) is 24.3 Å². The molecule has 2 unspecified atom stereocenters. The lowest BCUT2D eigenvalue weighted by Gasteiger charge is -2.35. The van der Waals surface area contributed by atoms with Crippen LogP contribution in [0.3, 0.4) is 0 Å². The molecule has 0 aromatic heterocycles. The molecule has 0 radical (unpaired) electrons. The summed E-state index contributed by atoms with van der Waals surface area (Å²) in [4.78, 5) is 0. The zero-order valence-electron chi connectivity index (χ0n) is 11.4. The molecule has 1 aromatic carbocycles. The second-order valence-corrected chi connectivity index (χ2v) is 5.48. The molecule has 20 heavy (non-hydrogen) atoms. The first-order chi connectivity index (χ1) is 9.38. The zero-order valence-corrected chi connectivity index (χ0v) is 11.4. The van der Waals surface area contributed by atoms with Gasteiger partial charge in [0, 0.05) is 12.1 Å². The Morgan fingerprint density at radius 2 is 1.90 bits per heavy atom. The molecular formula is C15H19F4N. The lowest BCUT2D eigenvalue weighted by molar-refractivity contribution is -0.189. The van der Waals surface area contributed by atoms with Crippen molar-refractivity contribution in [3.63, 3.8) is 0 Å². The maximum Gasteiger partial charge on any atom is 0.393 e. The van der Waals surface area contributed by atoms with Gasteiger partial charge >= 0.3 is 6.18 Å². The molecule has 1 nitrogen and oxygen atoms in total. The first kappa shape index (κ1) is 15.3. The molecule has 1 fully saturated rings. The van der Waals surface area contributed by atoms with Crippen LogP contribution >= 0.6 is 0 Å². The van der Waals surface area contributed by atoms with Crippen molar-refractivity contribution in [3.8, 4) is 0 Å². The Balaban J connectivity index is 2.07. The standard InChI is InChI=1S/C15H19F4N/c1-10(11-5-4-6-12(16)9-11)20-14-8-3-2-7-13(14)15(17,18)19/h4-6,9-10,13-14,20H,2-3,7-8H2,1H3/t10-,13?,14?/m0/s1. The highest BCUT2D eigenvalue weighted by molar-refractivity contribution is 5.19. The largest absolute Gasteiger partial charge is 0.393 e. The summed E-state index contributed by atoms with van der Waals surface area (Å²) >= 11 is 0. The average molecular weight is 289 g/mol. The van der Waals surface area contributed by atoms with Crippen molar-refractivity contribution in [1.29, 1.82) is 0 Å². The number of nitrogens with one attached hydrogen (secondary N) is 1. The molecule has 5 heteroatoms. The highest BCUT2D eigenvalue weighted by atomic mass is 19.4. The Morgan fingerprint density at radius 3 is 2.55 bits per heavy atom. The van der Waals surface area contributed by atoms with E-state index in [-0.39, 0.29) is 18.3 Å². The first-order valence-corrected chi connectivity index (χ1v) is 6.96. The van der Waals surface area contributed by atoms with E-state index in [0.29, 0.717) is 18.4 Å². The lowest BCUT2D eigenvalue weighted by Crippen LogP contribution is -2.46. The van der Waals surface area contributed by atoms with Crippen LogP contribution in [-0.4, -0.2) is 12.2 Å². The van der Waals surface area contributed by atoms with Gasteiger partial charge in [-0.05, 0) is 37.5 Å². The predicted octanol–water partition coefficient (Wildman–Crippen LogP) is 4.60. The minimum atomic E-state index is -4.17. The Morgan fingerprint density at radius 1 is 1.20 bits per heavy atom. The fourth-order valence-electron chi connectivity index (χ4n) is 2.92. The highest BCUT2D eigenvalue weighted by Gasteiger charge is 2.45. The van der Waals surface area contributed by atoms with Gasteiger partial charge in [0.15, 0.2) is 0 Å². The minimum absolute atomic E-state index is 0.178. The van der Waals surface area contributed by atoms with E-state index in [2.05, 4.69) is 5.32 Å². The second kappa shape index (κ2) is 6.12. The van der Waals surface area contributed by atoms with Crippen molar-refractivity contribution < 1.29 is 17.6 Å². The summed E-state index contributed by atoms with van der Waals surface area (Å²) in [5.41, 5.74) is 0.677. The van der Waals surface area contributed by atoms with Gasteiger partial charge in [0.1, 0.15) is 5.82 Å².